The molecular formula is C23H30N6. The fourth-order valence-electron chi connectivity index (χ4n) is 4.38. The largest absolute Gasteiger partial charge is 0.338 e. The van der Waals surface area contributed by atoms with Gasteiger partial charge in [0.15, 0.2) is 5.65 Å². The van der Waals surface area contributed by atoms with E-state index in [0.717, 1.165) is 28.0 Å². The highest BCUT2D eigenvalue weighted by molar-refractivity contribution is 6.03. The van der Waals surface area contributed by atoms with E-state index in [4.69, 9.17) is 0 Å². The number of rotatable bonds is 6. The van der Waals surface area contributed by atoms with Crippen LogP contribution in [0, 0.1) is 17.8 Å². The number of H-pyrrole nitrogens is 1. The first kappa shape index (κ1) is 19.6. The molecule has 29 heavy (non-hydrogen) atoms. The summed E-state index contributed by atoms with van der Waals surface area (Å²) in [4.78, 5) is 7.80. The van der Waals surface area contributed by atoms with E-state index in [1.165, 1.54) is 37.7 Å². The van der Waals surface area contributed by atoms with Crippen molar-refractivity contribution in [3.05, 3.63) is 35.9 Å². The number of benzene rings is 1. The Balaban J connectivity index is 1.34. The molecule has 0 bridgehead atoms. The van der Waals surface area contributed by atoms with Crippen LogP contribution in [-0.4, -0.2) is 26.4 Å². The molecular weight excluding hydrogens is 360 g/mol. The lowest BCUT2D eigenvalue weighted by molar-refractivity contribution is 0.235. The Kier molecular flexibility index (Phi) is 5.88. The number of para-hydroxylation sites is 1. The molecule has 0 radical (unpaired) electrons. The van der Waals surface area contributed by atoms with Crippen molar-refractivity contribution in [1.82, 2.24) is 20.2 Å². The Labute approximate surface area is 171 Å². The van der Waals surface area contributed by atoms with E-state index in [9.17, 15) is 0 Å². The van der Waals surface area contributed by atoms with Gasteiger partial charge in [0.25, 0.3) is 5.95 Å². The van der Waals surface area contributed by atoms with Gasteiger partial charge in [-0.15, -0.1) is 10.2 Å². The summed E-state index contributed by atoms with van der Waals surface area (Å²) in [6.45, 7) is 6.70. The van der Waals surface area contributed by atoms with Crippen LogP contribution in [0.25, 0.3) is 22.1 Å². The first-order chi connectivity index (χ1) is 14.1. The molecule has 1 aromatic carbocycles. The van der Waals surface area contributed by atoms with Gasteiger partial charge >= 0.3 is 0 Å². The maximum atomic E-state index is 4.51. The minimum absolute atomic E-state index is 0.420. The molecule has 2 heterocycles. The van der Waals surface area contributed by atoms with Gasteiger partial charge in [0.1, 0.15) is 5.52 Å². The number of anilines is 1. The highest BCUT2D eigenvalue weighted by Crippen LogP contribution is 2.35. The number of fused-ring (bicyclic) bond motifs is 3. The summed E-state index contributed by atoms with van der Waals surface area (Å²) in [5.41, 5.74) is 6.91. The number of aromatic amines is 1. The molecule has 2 aromatic heterocycles. The van der Waals surface area contributed by atoms with E-state index in [0.29, 0.717) is 17.8 Å². The van der Waals surface area contributed by atoms with Crippen LogP contribution in [0.5, 0.6) is 0 Å². The zero-order chi connectivity index (χ0) is 20.2. The quantitative estimate of drug-likeness (QED) is 0.321. The highest BCUT2D eigenvalue weighted by atomic mass is 15.4. The van der Waals surface area contributed by atoms with Gasteiger partial charge in [-0.25, -0.2) is 5.43 Å². The smallest absolute Gasteiger partial charge is 0.265 e. The molecule has 1 fully saturated rings. The number of hydrogen-bond donors (Lipinski definition) is 2. The highest BCUT2D eigenvalue weighted by Gasteiger charge is 2.26. The average molecular weight is 391 g/mol. The fraction of sp³-hybridized carbons (Fsp3) is 0.478. The Morgan fingerprint density at radius 1 is 1.24 bits per heavy atom. The third-order valence-corrected chi connectivity index (χ3v) is 6.02. The Hall–Kier alpha value is -2.76. The Morgan fingerprint density at radius 2 is 2.10 bits per heavy atom. The Morgan fingerprint density at radius 3 is 2.93 bits per heavy atom. The lowest BCUT2D eigenvalue weighted by Gasteiger charge is -2.32. The van der Waals surface area contributed by atoms with Crippen molar-refractivity contribution in [2.45, 2.75) is 52.9 Å². The van der Waals surface area contributed by atoms with E-state index in [2.05, 4.69) is 57.5 Å². The fourth-order valence-corrected chi connectivity index (χ4v) is 4.38. The molecule has 0 aliphatic heterocycles. The van der Waals surface area contributed by atoms with E-state index in [1.807, 2.05) is 30.5 Å². The van der Waals surface area contributed by atoms with E-state index in [1.54, 1.807) is 0 Å². The summed E-state index contributed by atoms with van der Waals surface area (Å²) in [5.74, 6) is 2.42. The molecule has 6 heteroatoms. The van der Waals surface area contributed by atoms with Crippen molar-refractivity contribution in [1.29, 1.82) is 0 Å². The van der Waals surface area contributed by atoms with Crippen molar-refractivity contribution in [2.75, 3.05) is 5.43 Å². The lowest BCUT2D eigenvalue weighted by Crippen LogP contribution is -2.24. The van der Waals surface area contributed by atoms with Crippen molar-refractivity contribution < 1.29 is 0 Å². The number of nitrogens with one attached hydrogen (secondary N) is 2. The van der Waals surface area contributed by atoms with Gasteiger partial charge in [-0.3, -0.25) is 0 Å². The molecule has 3 unspecified atom stereocenters. The number of allylic oxidation sites excluding steroid dienone is 2. The van der Waals surface area contributed by atoms with Gasteiger partial charge in [-0.1, -0.05) is 36.8 Å². The second-order valence-corrected chi connectivity index (χ2v) is 8.57. The summed E-state index contributed by atoms with van der Waals surface area (Å²) >= 11 is 0. The molecule has 152 valence electrons. The van der Waals surface area contributed by atoms with Gasteiger partial charge in [-0.05, 0) is 69.8 Å². The molecule has 0 amide bonds. The van der Waals surface area contributed by atoms with Crippen LogP contribution >= 0.6 is 0 Å². The number of aromatic nitrogens is 4. The van der Waals surface area contributed by atoms with Gasteiger partial charge in [-0.2, -0.15) is 10.1 Å². The van der Waals surface area contributed by atoms with Crippen molar-refractivity contribution in [2.24, 2.45) is 22.9 Å². The van der Waals surface area contributed by atoms with E-state index >= 15 is 0 Å². The van der Waals surface area contributed by atoms with Crippen molar-refractivity contribution in [3.63, 3.8) is 0 Å². The van der Waals surface area contributed by atoms with Crippen LogP contribution in [0.4, 0.5) is 5.95 Å². The molecule has 3 atom stereocenters. The van der Waals surface area contributed by atoms with Gasteiger partial charge in [0, 0.05) is 17.1 Å². The minimum atomic E-state index is 0.420. The lowest BCUT2D eigenvalue weighted by atomic mass is 9.74. The molecule has 2 N–H and O–H groups in total. The topological polar surface area (TPSA) is 78.8 Å². The zero-order valence-electron chi connectivity index (χ0n) is 17.5. The molecule has 1 aliphatic rings. The Bertz CT molecular complexity index is 1030. The van der Waals surface area contributed by atoms with Crippen molar-refractivity contribution in [3.8, 4) is 0 Å². The summed E-state index contributed by atoms with van der Waals surface area (Å²) in [7, 11) is 0. The van der Waals surface area contributed by atoms with Crippen LogP contribution in [0.1, 0.15) is 52.9 Å². The van der Waals surface area contributed by atoms with Gasteiger partial charge in [0.2, 0.25) is 0 Å². The second-order valence-electron chi connectivity index (χ2n) is 8.57. The molecule has 6 nitrogen and oxygen atoms in total. The first-order valence-electron chi connectivity index (χ1n) is 10.6. The average Bonchev–Trinajstić information content (AvgIpc) is 3.07. The summed E-state index contributed by atoms with van der Waals surface area (Å²) < 4.78 is 0. The maximum Gasteiger partial charge on any atom is 0.265 e. The van der Waals surface area contributed by atoms with Crippen LogP contribution in [0.15, 0.2) is 41.0 Å². The third kappa shape index (κ3) is 4.63. The van der Waals surface area contributed by atoms with Crippen LogP contribution in [0.2, 0.25) is 0 Å². The summed E-state index contributed by atoms with van der Waals surface area (Å²) in [6, 6.07) is 8.02. The van der Waals surface area contributed by atoms with E-state index in [-0.39, 0.29) is 0 Å². The number of hydrazone groups is 1. The maximum absolute atomic E-state index is 4.51. The normalized spacial score (nSPS) is 22.4. The molecule has 0 spiro atoms. The number of hydrogen-bond acceptors (Lipinski definition) is 5. The predicted molar refractivity (Wildman–Crippen MR) is 120 cm³/mol. The van der Waals surface area contributed by atoms with Gasteiger partial charge < -0.3 is 4.98 Å². The van der Waals surface area contributed by atoms with Crippen LogP contribution < -0.4 is 5.43 Å². The monoisotopic (exact) mass is 390 g/mol. The molecule has 0 saturated heterocycles. The van der Waals surface area contributed by atoms with Crippen LogP contribution in [-0.2, 0) is 0 Å². The first-order valence-corrected chi connectivity index (χ1v) is 10.6. The predicted octanol–water partition coefficient (Wildman–Crippen LogP) is 5.70. The zero-order valence-corrected chi connectivity index (χ0v) is 17.5. The number of nitrogens with zero attached hydrogens (tertiary/aromatic N) is 4. The molecule has 4 rings (SSSR count). The second kappa shape index (κ2) is 8.72. The summed E-state index contributed by atoms with van der Waals surface area (Å²) in [5, 5.41) is 14.0. The van der Waals surface area contributed by atoms with Gasteiger partial charge in [0.05, 0.1) is 0 Å². The molecule has 3 aromatic rings. The third-order valence-electron chi connectivity index (χ3n) is 6.02. The standard InChI is InChI=1S/C23H30N6/c1-15(2)7-6-8-17-11-12-18(16(3)13-17)14-24-28-23-26-22-21(27-29-23)19-9-4-5-10-20(19)25-22/h4-5,7,9-10,14,16-18H,6,8,11-13H2,1-3H3,(H2,25,26,28,29). The van der Waals surface area contributed by atoms with Crippen LogP contribution in [0.3, 0.4) is 0 Å². The summed E-state index contributed by atoms with van der Waals surface area (Å²) in [6.07, 6.45) is 10.7. The molecule has 1 saturated carbocycles. The van der Waals surface area contributed by atoms with Crippen molar-refractivity contribution >= 4 is 34.2 Å². The SMILES string of the molecule is CC(C)=CCCC1CCC(C=NNc2nnc3c(n2)[nH]c2ccccc23)C(C)C1. The molecule has 1 aliphatic carbocycles. The minimum Gasteiger partial charge on any atom is -0.338 e. The van der Waals surface area contributed by atoms with E-state index < -0.39 is 0 Å².